The number of aryl methyl sites for hydroxylation is 1. The summed E-state index contributed by atoms with van der Waals surface area (Å²) in [5, 5.41) is 19.9. The van der Waals surface area contributed by atoms with E-state index in [0.717, 1.165) is 23.4 Å². The van der Waals surface area contributed by atoms with Crippen molar-refractivity contribution >= 4 is 5.84 Å². The number of likely N-dealkylation sites (N-methyl/N-ethyl adjacent to an activating group) is 1. The molecule has 0 saturated heterocycles. The highest BCUT2D eigenvalue weighted by atomic mass is 19.1. The second kappa shape index (κ2) is 7.54. The molecular formula is C23H25FN8. The number of aromatic nitrogens is 3. The van der Waals surface area contributed by atoms with Crippen molar-refractivity contribution in [3.05, 3.63) is 88.9 Å². The highest BCUT2D eigenvalue weighted by molar-refractivity contribution is 5.98. The van der Waals surface area contributed by atoms with Crippen LogP contribution in [0.15, 0.2) is 66.1 Å². The van der Waals surface area contributed by atoms with E-state index in [9.17, 15) is 0 Å². The van der Waals surface area contributed by atoms with Crippen LogP contribution in [0.5, 0.6) is 0 Å². The number of rotatable bonds is 3. The molecule has 0 amide bonds. The van der Waals surface area contributed by atoms with Crippen molar-refractivity contribution in [2.24, 2.45) is 5.73 Å². The average Bonchev–Trinajstić information content (AvgIpc) is 3.23. The van der Waals surface area contributed by atoms with Crippen LogP contribution in [0.25, 0.3) is 5.69 Å². The Kier molecular flexibility index (Phi) is 4.79. The van der Waals surface area contributed by atoms with Gasteiger partial charge in [0.25, 0.3) is 0 Å². The van der Waals surface area contributed by atoms with Crippen LogP contribution >= 0.6 is 0 Å². The summed E-state index contributed by atoms with van der Waals surface area (Å²) in [7, 11) is 1.75. The first-order chi connectivity index (χ1) is 15.4. The molecular weight excluding hydrogens is 407 g/mol. The van der Waals surface area contributed by atoms with Crippen molar-refractivity contribution in [3.8, 4) is 5.69 Å². The van der Waals surface area contributed by atoms with Gasteiger partial charge in [-0.15, -0.1) is 0 Å². The SMILES string of the molecule is Cc1ncn(-c2ccc(C3(N)NC4=C(CNCC4c4ccccc4)C(=N)N3C)cc2F)n1. The predicted molar refractivity (Wildman–Crippen MR) is 120 cm³/mol. The maximum Gasteiger partial charge on any atom is 0.192 e. The van der Waals surface area contributed by atoms with Gasteiger partial charge < -0.3 is 15.5 Å². The lowest BCUT2D eigenvalue weighted by Gasteiger charge is -2.49. The lowest BCUT2D eigenvalue weighted by Crippen LogP contribution is -2.67. The van der Waals surface area contributed by atoms with E-state index in [2.05, 4.69) is 32.8 Å². The summed E-state index contributed by atoms with van der Waals surface area (Å²) >= 11 is 0. The number of benzene rings is 2. The van der Waals surface area contributed by atoms with Crippen LogP contribution in [-0.4, -0.2) is 45.6 Å². The van der Waals surface area contributed by atoms with Crippen LogP contribution < -0.4 is 16.4 Å². The molecule has 0 saturated carbocycles. The first kappa shape index (κ1) is 20.3. The van der Waals surface area contributed by atoms with E-state index in [0.29, 0.717) is 23.8 Å². The van der Waals surface area contributed by atoms with Gasteiger partial charge in [-0.2, -0.15) is 5.10 Å². The molecule has 2 aliphatic rings. The first-order valence-corrected chi connectivity index (χ1v) is 10.5. The van der Waals surface area contributed by atoms with Crippen molar-refractivity contribution in [1.29, 1.82) is 5.41 Å². The molecule has 32 heavy (non-hydrogen) atoms. The zero-order chi connectivity index (χ0) is 22.5. The molecule has 2 atom stereocenters. The van der Waals surface area contributed by atoms with Gasteiger partial charge in [0.05, 0.1) is 0 Å². The molecule has 8 nitrogen and oxygen atoms in total. The minimum atomic E-state index is -1.28. The molecule has 0 spiro atoms. The summed E-state index contributed by atoms with van der Waals surface area (Å²) in [5.41, 5.74) is 10.5. The van der Waals surface area contributed by atoms with Gasteiger partial charge in [-0.05, 0) is 24.6 Å². The molecule has 0 aliphatic carbocycles. The van der Waals surface area contributed by atoms with Crippen molar-refractivity contribution < 1.29 is 4.39 Å². The maximum absolute atomic E-state index is 15.1. The monoisotopic (exact) mass is 432 g/mol. The molecule has 0 bridgehead atoms. The number of hydrogen-bond donors (Lipinski definition) is 4. The van der Waals surface area contributed by atoms with Gasteiger partial charge in [0.2, 0.25) is 0 Å². The summed E-state index contributed by atoms with van der Waals surface area (Å²) < 4.78 is 16.5. The molecule has 2 aromatic carbocycles. The minimum absolute atomic E-state index is 0.0131. The second-order valence-corrected chi connectivity index (χ2v) is 8.19. The number of amidine groups is 1. The van der Waals surface area contributed by atoms with Gasteiger partial charge in [0.15, 0.2) is 5.79 Å². The highest BCUT2D eigenvalue weighted by Crippen LogP contribution is 2.36. The van der Waals surface area contributed by atoms with E-state index in [1.165, 1.54) is 17.1 Å². The second-order valence-electron chi connectivity index (χ2n) is 8.19. The van der Waals surface area contributed by atoms with E-state index in [1.807, 2.05) is 18.2 Å². The van der Waals surface area contributed by atoms with Gasteiger partial charge >= 0.3 is 0 Å². The van der Waals surface area contributed by atoms with Crippen molar-refractivity contribution in [1.82, 2.24) is 30.3 Å². The van der Waals surface area contributed by atoms with E-state index in [4.69, 9.17) is 11.1 Å². The largest absolute Gasteiger partial charge is 0.349 e. The Morgan fingerprint density at radius 3 is 2.69 bits per heavy atom. The Balaban J connectivity index is 1.55. The smallest absolute Gasteiger partial charge is 0.192 e. The fraction of sp³-hybridized carbons (Fsp3) is 0.261. The number of nitrogens with one attached hydrogen (secondary N) is 3. The number of halogens is 1. The average molecular weight is 433 g/mol. The zero-order valence-electron chi connectivity index (χ0n) is 17.9. The summed E-state index contributed by atoms with van der Waals surface area (Å²) in [4.78, 5) is 5.71. The van der Waals surface area contributed by atoms with Crippen LogP contribution in [0.1, 0.15) is 22.9 Å². The quantitative estimate of drug-likeness (QED) is 0.504. The predicted octanol–water partition coefficient (Wildman–Crippen LogP) is 1.94. The van der Waals surface area contributed by atoms with Crippen molar-refractivity contribution in [3.63, 3.8) is 0 Å². The molecule has 1 aromatic heterocycles. The fourth-order valence-corrected chi connectivity index (χ4v) is 4.42. The molecule has 0 fully saturated rings. The third-order valence-corrected chi connectivity index (χ3v) is 6.24. The molecule has 164 valence electrons. The minimum Gasteiger partial charge on any atom is -0.349 e. The number of nitrogens with two attached hydrogens (primary N) is 1. The molecule has 3 heterocycles. The Morgan fingerprint density at radius 1 is 1.22 bits per heavy atom. The third-order valence-electron chi connectivity index (χ3n) is 6.24. The summed E-state index contributed by atoms with van der Waals surface area (Å²) in [6.45, 7) is 3.05. The van der Waals surface area contributed by atoms with Gasteiger partial charge in [0, 0.05) is 42.9 Å². The summed E-state index contributed by atoms with van der Waals surface area (Å²) in [6, 6.07) is 14.9. The number of hydrogen-bond acceptors (Lipinski definition) is 6. The normalized spacial score (nSPS) is 23.2. The zero-order valence-corrected chi connectivity index (χ0v) is 17.9. The topological polar surface area (TPSA) is 108 Å². The lowest BCUT2D eigenvalue weighted by molar-refractivity contribution is 0.158. The van der Waals surface area contributed by atoms with E-state index >= 15 is 4.39 Å². The van der Waals surface area contributed by atoms with Crippen LogP contribution in [0.3, 0.4) is 0 Å². The molecule has 2 unspecified atom stereocenters. The first-order valence-electron chi connectivity index (χ1n) is 10.5. The third kappa shape index (κ3) is 3.17. The van der Waals surface area contributed by atoms with Crippen LogP contribution in [0.4, 0.5) is 4.39 Å². The lowest BCUT2D eigenvalue weighted by atomic mass is 9.86. The fourth-order valence-electron chi connectivity index (χ4n) is 4.42. The molecule has 5 rings (SSSR count). The van der Waals surface area contributed by atoms with Gasteiger partial charge in [0.1, 0.15) is 29.5 Å². The van der Waals surface area contributed by atoms with Crippen LogP contribution in [0.2, 0.25) is 0 Å². The van der Waals surface area contributed by atoms with E-state index < -0.39 is 11.6 Å². The Bertz CT molecular complexity index is 1220. The van der Waals surface area contributed by atoms with E-state index in [1.54, 1.807) is 31.0 Å². The summed E-state index contributed by atoms with van der Waals surface area (Å²) in [5.74, 6) is -0.866. The van der Waals surface area contributed by atoms with Gasteiger partial charge in [-0.25, -0.2) is 14.1 Å². The standard InChI is InChI=1S/C23H25FN8/c1-14-28-13-32(30-14)20-9-8-16(10-19(20)24)23(26)29-21-17(15-6-4-3-5-7-15)11-27-12-18(21)22(25)31(23)2/h3-10,13,17,25,27,29H,11-12,26H2,1-2H3. The van der Waals surface area contributed by atoms with Crippen molar-refractivity contribution in [2.45, 2.75) is 18.6 Å². The summed E-state index contributed by atoms with van der Waals surface area (Å²) in [6.07, 6.45) is 1.48. The highest BCUT2D eigenvalue weighted by Gasteiger charge is 2.43. The molecule has 0 radical (unpaired) electrons. The van der Waals surface area contributed by atoms with Gasteiger partial charge in [-0.1, -0.05) is 36.4 Å². The van der Waals surface area contributed by atoms with Crippen molar-refractivity contribution in [2.75, 3.05) is 20.1 Å². The molecule has 9 heteroatoms. The van der Waals surface area contributed by atoms with Crippen LogP contribution in [0, 0.1) is 18.2 Å². The van der Waals surface area contributed by atoms with Gasteiger partial charge in [-0.3, -0.25) is 11.1 Å². The Morgan fingerprint density at radius 2 is 2.00 bits per heavy atom. The number of nitrogens with zero attached hydrogens (tertiary/aromatic N) is 4. The molecule has 5 N–H and O–H groups in total. The van der Waals surface area contributed by atoms with Crippen LogP contribution in [-0.2, 0) is 5.79 Å². The Hall–Kier alpha value is -3.56. The molecule has 3 aromatic rings. The molecule has 2 aliphatic heterocycles. The maximum atomic E-state index is 15.1. The van der Waals surface area contributed by atoms with E-state index in [-0.39, 0.29) is 11.6 Å². The Labute approximate surface area is 185 Å².